The molecule has 4 N–H and O–H groups in total. The van der Waals surface area contributed by atoms with Crippen molar-refractivity contribution in [2.75, 3.05) is 20.3 Å². The van der Waals surface area contributed by atoms with Crippen LogP contribution in [-0.2, 0) is 15.8 Å². The number of carbonyl (C=O) groups is 3. The number of nitrogens with one attached hydrogen (secondary N) is 1. The maximum Gasteiger partial charge on any atom is 0.424 e. The number of aryl methyl sites for hydroxylation is 1. The molecule has 0 saturated heterocycles. The van der Waals surface area contributed by atoms with Gasteiger partial charge in [-0.3, -0.25) is 14.4 Å². The van der Waals surface area contributed by atoms with Crippen LogP contribution >= 0.6 is 0 Å². The summed E-state index contributed by atoms with van der Waals surface area (Å²) in [5.41, 5.74) is -0.0691. The van der Waals surface area contributed by atoms with Gasteiger partial charge in [0.05, 0.1) is 19.3 Å². The van der Waals surface area contributed by atoms with Crippen molar-refractivity contribution < 1.29 is 46.5 Å². The smallest absolute Gasteiger partial charge is 0.424 e. The molecular weight excluding hydrogens is 600 g/mol. The SMILES string of the molecule is COc1cc(C(=O)NCC(O)(c2cc3c(c(-c4ccc(F)cc4)n2)OC[C@]3(C)C(N)=O)C(F)(F)F)cc2cc(C)c(C=O)nc12. The number of nitrogens with zero attached hydrogens (tertiary/aromatic N) is 2. The van der Waals surface area contributed by atoms with Crippen LogP contribution in [0.2, 0.25) is 0 Å². The van der Waals surface area contributed by atoms with E-state index in [4.69, 9.17) is 15.2 Å². The van der Waals surface area contributed by atoms with E-state index in [9.17, 15) is 37.1 Å². The predicted octanol–water partition coefficient (Wildman–Crippen LogP) is 3.88. The number of carbonyl (C=O) groups excluding carboxylic acids is 3. The summed E-state index contributed by atoms with van der Waals surface area (Å²) in [4.78, 5) is 45.3. The molecule has 3 heterocycles. The Morgan fingerprint density at radius 3 is 2.44 bits per heavy atom. The van der Waals surface area contributed by atoms with Crippen LogP contribution in [0.15, 0.2) is 48.5 Å². The van der Waals surface area contributed by atoms with Gasteiger partial charge in [-0.15, -0.1) is 0 Å². The molecule has 10 nitrogen and oxygen atoms in total. The van der Waals surface area contributed by atoms with Crippen molar-refractivity contribution in [3.63, 3.8) is 0 Å². The minimum Gasteiger partial charge on any atom is -0.494 e. The van der Waals surface area contributed by atoms with Crippen molar-refractivity contribution in [3.05, 3.63) is 82.4 Å². The zero-order valence-electron chi connectivity index (χ0n) is 24.1. The first-order valence-electron chi connectivity index (χ1n) is 13.4. The average molecular weight is 627 g/mol. The van der Waals surface area contributed by atoms with E-state index in [2.05, 4.69) is 15.3 Å². The Balaban J connectivity index is 1.58. The fraction of sp³-hybridized carbons (Fsp3) is 0.258. The number of alkyl halides is 3. The van der Waals surface area contributed by atoms with Gasteiger partial charge < -0.3 is 25.6 Å². The molecule has 14 heteroatoms. The number of benzene rings is 2. The highest BCUT2D eigenvalue weighted by atomic mass is 19.4. The van der Waals surface area contributed by atoms with Crippen LogP contribution in [0.3, 0.4) is 0 Å². The first-order valence-corrected chi connectivity index (χ1v) is 13.4. The number of primary amides is 1. The van der Waals surface area contributed by atoms with Crippen molar-refractivity contribution in [1.82, 2.24) is 15.3 Å². The predicted molar refractivity (Wildman–Crippen MR) is 152 cm³/mol. The number of amides is 2. The molecule has 1 unspecified atom stereocenters. The third-order valence-electron chi connectivity index (χ3n) is 7.84. The van der Waals surface area contributed by atoms with E-state index in [1.54, 1.807) is 13.0 Å². The Morgan fingerprint density at radius 1 is 1.16 bits per heavy atom. The molecule has 2 aromatic heterocycles. The number of fused-ring (bicyclic) bond motifs is 2. The highest BCUT2D eigenvalue weighted by Crippen LogP contribution is 2.47. The summed E-state index contributed by atoms with van der Waals surface area (Å²) in [7, 11) is 1.29. The summed E-state index contributed by atoms with van der Waals surface area (Å²) in [5.74, 6) is -2.49. The minimum atomic E-state index is -5.39. The number of aliphatic hydroxyl groups is 1. The van der Waals surface area contributed by atoms with E-state index in [0.29, 0.717) is 17.2 Å². The molecule has 2 amide bonds. The number of ether oxygens (including phenoxy) is 2. The maximum absolute atomic E-state index is 14.7. The van der Waals surface area contributed by atoms with Gasteiger partial charge in [-0.2, -0.15) is 13.2 Å². The Morgan fingerprint density at radius 2 is 1.84 bits per heavy atom. The van der Waals surface area contributed by atoms with Gasteiger partial charge in [-0.25, -0.2) is 14.4 Å². The lowest BCUT2D eigenvalue weighted by molar-refractivity contribution is -0.265. The van der Waals surface area contributed by atoms with Gasteiger partial charge in [0.1, 0.15) is 46.2 Å². The van der Waals surface area contributed by atoms with Crippen LogP contribution in [0.25, 0.3) is 22.2 Å². The molecule has 0 aliphatic carbocycles. The molecule has 2 aromatic carbocycles. The second-order valence-corrected chi connectivity index (χ2v) is 10.8. The average Bonchev–Trinajstić information content (AvgIpc) is 3.35. The van der Waals surface area contributed by atoms with Crippen LogP contribution in [0, 0.1) is 12.7 Å². The van der Waals surface area contributed by atoms with E-state index in [1.807, 2.05) is 0 Å². The number of hydrogen-bond donors (Lipinski definition) is 3. The number of halogens is 4. The normalized spacial score (nSPS) is 17.2. The van der Waals surface area contributed by atoms with Crippen molar-refractivity contribution in [1.29, 1.82) is 0 Å². The molecule has 1 aliphatic rings. The molecule has 0 fully saturated rings. The van der Waals surface area contributed by atoms with Crippen molar-refractivity contribution in [3.8, 4) is 22.8 Å². The third-order valence-corrected chi connectivity index (χ3v) is 7.84. The van der Waals surface area contributed by atoms with Crippen LogP contribution in [0.1, 0.15) is 44.6 Å². The number of pyridine rings is 2. The number of hydrogen-bond acceptors (Lipinski definition) is 8. The van der Waals surface area contributed by atoms with Gasteiger partial charge in [0.25, 0.3) is 5.91 Å². The first kappa shape index (κ1) is 31.3. The summed E-state index contributed by atoms with van der Waals surface area (Å²) in [6, 6.07) is 9.65. The number of aromatic nitrogens is 2. The van der Waals surface area contributed by atoms with Crippen LogP contribution < -0.4 is 20.5 Å². The zero-order valence-corrected chi connectivity index (χ0v) is 24.1. The highest BCUT2D eigenvalue weighted by Gasteiger charge is 2.57. The summed E-state index contributed by atoms with van der Waals surface area (Å²) in [5, 5.41) is 13.8. The minimum absolute atomic E-state index is 0.0508. The Bertz CT molecular complexity index is 1860. The zero-order chi connectivity index (χ0) is 32.9. The maximum atomic E-state index is 14.7. The molecular formula is C31H26F4N4O6. The van der Waals surface area contributed by atoms with Gasteiger partial charge in [-0.1, -0.05) is 0 Å². The largest absolute Gasteiger partial charge is 0.494 e. The van der Waals surface area contributed by atoms with E-state index in [-0.39, 0.29) is 51.7 Å². The molecule has 5 rings (SSSR count). The fourth-order valence-corrected chi connectivity index (χ4v) is 5.03. The van der Waals surface area contributed by atoms with E-state index in [1.165, 1.54) is 38.3 Å². The number of aldehydes is 1. The summed E-state index contributed by atoms with van der Waals surface area (Å²) < 4.78 is 68.7. The first-order chi connectivity index (χ1) is 21.1. The molecule has 234 valence electrons. The highest BCUT2D eigenvalue weighted by molar-refractivity contribution is 6.00. The molecule has 0 spiro atoms. The lowest BCUT2D eigenvalue weighted by atomic mass is 9.81. The summed E-state index contributed by atoms with van der Waals surface area (Å²) in [6.45, 7) is 1.29. The van der Waals surface area contributed by atoms with Crippen LogP contribution in [0.5, 0.6) is 11.5 Å². The molecule has 0 saturated carbocycles. The Labute approximate surface area is 253 Å². The van der Waals surface area contributed by atoms with Crippen molar-refractivity contribution >= 4 is 29.0 Å². The topological polar surface area (TPSA) is 154 Å². The number of rotatable bonds is 8. The Hall–Kier alpha value is -5.11. The second kappa shape index (κ2) is 11.1. The van der Waals surface area contributed by atoms with E-state index >= 15 is 0 Å². The van der Waals surface area contributed by atoms with Gasteiger partial charge in [0.15, 0.2) is 6.29 Å². The quantitative estimate of drug-likeness (QED) is 0.197. The second-order valence-electron chi connectivity index (χ2n) is 10.8. The monoisotopic (exact) mass is 626 g/mol. The van der Waals surface area contributed by atoms with Crippen molar-refractivity contribution in [2.45, 2.75) is 31.0 Å². The molecule has 0 radical (unpaired) electrons. The number of methoxy groups -OCH3 is 1. The standard InChI is InChI=1S/C31H26F4N4O6/c1-15-8-17-9-18(10-22(44-3)24(17)38-21(15)12-40)27(41)37-13-30(43,31(33,34)35)23-11-20-26(45-14-29(20,2)28(36)42)25(39-23)16-4-6-19(32)7-5-16/h4-12,43H,13-14H2,1-3H3,(H2,36,42)(H,37,41)/t29-,30?/m0/s1. The molecule has 4 aromatic rings. The van der Waals surface area contributed by atoms with E-state index < -0.39 is 47.1 Å². The fourth-order valence-electron chi connectivity index (χ4n) is 5.03. The van der Waals surface area contributed by atoms with Crippen molar-refractivity contribution in [2.24, 2.45) is 5.73 Å². The molecule has 1 aliphatic heterocycles. The molecule has 45 heavy (non-hydrogen) atoms. The van der Waals surface area contributed by atoms with Crippen LogP contribution in [-0.4, -0.2) is 59.6 Å². The van der Waals surface area contributed by atoms with Gasteiger partial charge in [0.2, 0.25) is 11.5 Å². The Kier molecular flexibility index (Phi) is 7.73. The van der Waals surface area contributed by atoms with Gasteiger partial charge in [0, 0.05) is 22.1 Å². The summed E-state index contributed by atoms with van der Waals surface area (Å²) >= 11 is 0. The van der Waals surface area contributed by atoms with E-state index in [0.717, 1.165) is 18.2 Å². The lowest BCUT2D eigenvalue weighted by Crippen LogP contribution is -2.51. The third kappa shape index (κ3) is 5.30. The molecule has 2 atom stereocenters. The molecule has 0 bridgehead atoms. The number of nitrogens with two attached hydrogens (primary N) is 1. The summed E-state index contributed by atoms with van der Waals surface area (Å²) in [6.07, 6.45) is -4.84. The van der Waals surface area contributed by atoms with Gasteiger partial charge in [-0.05, 0) is 67.9 Å². The lowest BCUT2D eigenvalue weighted by Gasteiger charge is -2.31. The van der Waals surface area contributed by atoms with Crippen LogP contribution in [0.4, 0.5) is 17.6 Å². The van der Waals surface area contributed by atoms with Gasteiger partial charge >= 0.3 is 6.18 Å².